The summed E-state index contributed by atoms with van der Waals surface area (Å²) in [7, 11) is 0. The average Bonchev–Trinajstić information content (AvgIpc) is 2.22. The number of carbonyl (C=O) groups excluding carboxylic acids is 1. The zero-order valence-corrected chi connectivity index (χ0v) is 9.91. The summed E-state index contributed by atoms with van der Waals surface area (Å²) in [6.45, 7) is 5.71. The van der Waals surface area contributed by atoms with Gasteiger partial charge in [-0.2, -0.15) is 0 Å². The fraction of sp³-hybridized carbons (Fsp3) is 0.417. The Kier molecular flexibility index (Phi) is 4.31. The van der Waals surface area contributed by atoms with Crippen LogP contribution in [-0.2, 0) is 9.53 Å². The molecule has 0 atom stereocenters. The molecule has 0 radical (unpaired) electrons. The molecule has 4 nitrogen and oxygen atoms in total. The minimum absolute atomic E-state index is 0.0488. The molecule has 0 aliphatic rings. The number of nitrogens with two attached hydrogens (primary N) is 1. The third-order valence-electron chi connectivity index (χ3n) is 2.20. The van der Waals surface area contributed by atoms with Gasteiger partial charge < -0.3 is 15.8 Å². The van der Waals surface area contributed by atoms with Gasteiger partial charge in [0.25, 0.3) is 0 Å². The Labute approximate surface area is 95.8 Å². The van der Waals surface area contributed by atoms with Gasteiger partial charge >= 0.3 is 0 Å². The van der Waals surface area contributed by atoms with Crippen LogP contribution in [0.15, 0.2) is 18.2 Å². The first-order chi connectivity index (χ1) is 7.50. The Morgan fingerprint density at radius 2 is 2.19 bits per heavy atom. The van der Waals surface area contributed by atoms with Crippen LogP contribution < -0.4 is 11.1 Å². The second-order valence-corrected chi connectivity index (χ2v) is 3.93. The molecule has 1 aromatic carbocycles. The molecule has 1 amide bonds. The highest BCUT2D eigenvalue weighted by Gasteiger charge is 2.06. The van der Waals surface area contributed by atoms with Gasteiger partial charge in [-0.05, 0) is 38.5 Å². The molecule has 0 aliphatic heterocycles. The van der Waals surface area contributed by atoms with Crippen molar-refractivity contribution in [2.24, 2.45) is 0 Å². The van der Waals surface area contributed by atoms with Crippen molar-refractivity contribution in [1.29, 1.82) is 0 Å². The smallest absolute Gasteiger partial charge is 0.250 e. The van der Waals surface area contributed by atoms with Gasteiger partial charge in [0, 0.05) is 11.4 Å². The zero-order chi connectivity index (χ0) is 12.1. The van der Waals surface area contributed by atoms with Gasteiger partial charge in [0.15, 0.2) is 0 Å². The molecule has 0 saturated heterocycles. The van der Waals surface area contributed by atoms with Crippen LogP contribution in [0.25, 0.3) is 0 Å². The zero-order valence-electron chi connectivity index (χ0n) is 9.91. The molecule has 0 aliphatic carbocycles. The minimum Gasteiger partial charge on any atom is -0.398 e. The third kappa shape index (κ3) is 3.55. The second kappa shape index (κ2) is 5.51. The monoisotopic (exact) mass is 222 g/mol. The molecule has 1 aromatic rings. The van der Waals surface area contributed by atoms with Crippen LogP contribution in [0.5, 0.6) is 0 Å². The number of nitrogen functional groups attached to an aromatic ring is 1. The summed E-state index contributed by atoms with van der Waals surface area (Å²) in [6.07, 6.45) is 0.0488. The van der Waals surface area contributed by atoms with E-state index in [1.54, 1.807) is 12.1 Å². The Balaban J connectivity index is 2.59. The summed E-state index contributed by atoms with van der Waals surface area (Å²) in [5.41, 5.74) is 8.01. The van der Waals surface area contributed by atoms with Crippen LogP contribution in [0.4, 0.5) is 11.4 Å². The molecule has 0 aromatic heterocycles. The summed E-state index contributed by atoms with van der Waals surface area (Å²) < 4.78 is 5.20. The summed E-state index contributed by atoms with van der Waals surface area (Å²) in [6, 6.07) is 5.43. The largest absolute Gasteiger partial charge is 0.398 e. The molecule has 0 spiro atoms. The molecule has 0 saturated carbocycles. The molecule has 16 heavy (non-hydrogen) atoms. The molecule has 0 heterocycles. The number of rotatable bonds is 4. The highest BCUT2D eigenvalue weighted by molar-refractivity contribution is 5.93. The van der Waals surface area contributed by atoms with Crippen LogP contribution in [0.1, 0.15) is 19.4 Å². The fourth-order valence-electron chi connectivity index (χ4n) is 1.22. The van der Waals surface area contributed by atoms with Crippen molar-refractivity contribution in [3.63, 3.8) is 0 Å². The maximum absolute atomic E-state index is 11.5. The normalized spacial score (nSPS) is 10.5. The summed E-state index contributed by atoms with van der Waals surface area (Å²) in [4.78, 5) is 11.5. The van der Waals surface area contributed by atoms with Crippen molar-refractivity contribution in [3.8, 4) is 0 Å². The van der Waals surface area contributed by atoms with Crippen LogP contribution >= 0.6 is 0 Å². The molecule has 0 bridgehead atoms. The lowest BCUT2D eigenvalue weighted by Gasteiger charge is -2.11. The number of anilines is 2. The van der Waals surface area contributed by atoms with Gasteiger partial charge in [0.05, 0.1) is 6.10 Å². The number of benzene rings is 1. The van der Waals surface area contributed by atoms with Gasteiger partial charge in [-0.15, -0.1) is 0 Å². The van der Waals surface area contributed by atoms with Gasteiger partial charge in [-0.25, -0.2) is 0 Å². The number of ether oxygens (including phenoxy) is 1. The van der Waals surface area contributed by atoms with E-state index in [0.717, 1.165) is 11.3 Å². The molecular formula is C12H18N2O2. The highest BCUT2D eigenvalue weighted by atomic mass is 16.5. The first-order valence-corrected chi connectivity index (χ1v) is 5.27. The van der Waals surface area contributed by atoms with E-state index in [2.05, 4.69) is 5.32 Å². The number of hydrogen-bond donors (Lipinski definition) is 2. The molecular weight excluding hydrogens is 204 g/mol. The van der Waals surface area contributed by atoms with Gasteiger partial charge in [0.2, 0.25) is 5.91 Å². The van der Waals surface area contributed by atoms with Crippen molar-refractivity contribution in [2.45, 2.75) is 26.9 Å². The predicted molar refractivity (Wildman–Crippen MR) is 65.3 cm³/mol. The lowest BCUT2D eigenvalue weighted by molar-refractivity contribution is -0.121. The molecule has 0 fully saturated rings. The number of hydrogen-bond acceptors (Lipinski definition) is 3. The topological polar surface area (TPSA) is 64.3 Å². The molecule has 1 rings (SSSR count). The Bertz CT molecular complexity index is 375. The molecule has 4 heteroatoms. The minimum atomic E-state index is -0.164. The number of amides is 1. The number of nitrogens with one attached hydrogen (secondary N) is 1. The maximum Gasteiger partial charge on any atom is 0.250 e. The predicted octanol–water partition coefficient (Wildman–Crippen LogP) is 1.94. The van der Waals surface area contributed by atoms with E-state index in [0.29, 0.717) is 5.69 Å². The van der Waals surface area contributed by atoms with E-state index < -0.39 is 0 Å². The molecule has 3 N–H and O–H groups in total. The van der Waals surface area contributed by atoms with Crippen LogP contribution in [0, 0.1) is 6.92 Å². The molecule has 88 valence electrons. The quantitative estimate of drug-likeness (QED) is 0.765. The first-order valence-electron chi connectivity index (χ1n) is 5.27. The van der Waals surface area contributed by atoms with Crippen molar-refractivity contribution < 1.29 is 9.53 Å². The van der Waals surface area contributed by atoms with E-state index >= 15 is 0 Å². The van der Waals surface area contributed by atoms with Crippen LogP contribution in [0.2, 0.25) is 0 Å². The van der Waals surface area contributed by atoms with E-state index in [-0.39, 0.29) is 18.6 Å². The second-order valence-electron chi connectivity index (χ2n) is 3.93. The summed E-state index contributed by atoms with van der Waals surface area (Å²) in [5.74, 6) is -0.164. The Morgan fingerprint density at radius 1 is 1.50 bits per heavy atom. The SMILES string of the molecule is Cc1c(N)cccc1NC(=O)COC(C)C. The van der Waals surface area contributed by atoms with Gasteiger partial charge in [-0.1, -0.05) is 6.07 Å². The van der Waals surface area contributed by atoms with Crippen molar-refractivity contribution in [3.05, 3.63) is 23.8 Å². The Morgan fingerprint density at radius 3 is 2.81 bits per heavy atom. The highest BCUT2D eigenvalue weighted by Crippen LogP contribution is 2.20. The van der Waals surface area contributed by atoms with E-state index in [4.69, 9.17) is 10.5 Å². The average molecular weight is 222 g/mol. The van der Waals surface area contributed by atoms with Crippen LogP contribution in [0.3, 0.4) is 0 Å². The lowest BCUT2D eigenvalue weighted by atomic mass is 10.1. The third-order valence-corrected chi connectivity index (χ3v) is 2.20. The maximum atomic E-state index is 11.5. The van der Waals surface area contributed by atoms with Gasteiger partial charge in [0.1, 0.15) is 6.61 Å². The van der Waals surface area contributed by atoms with Gasteiger partial charge in [-0.3, -0.25) is 4.79 Å². The van der Waals surface area contributed by atoms with E-state index in [1.165, 1.54) is 0 Å². The number of carbonyl (C=O) groups is 1. The van der Waals surface area contributed by atoms with E-state index in [9.17, 15) is 4.79 Å². The summed E-state index contributed by atoms with van der Waals surface area (Å²) in [5, 5.41) is 2.76. The summed E-state index contributed by atoms with van der Waals surface area (Å²) >= 11 is 0. The van der Waals surface area contributed by atoms with Crippen molar-refractivity contribution in [1.82, 2.24) is 0 Å². The lowest BCUT2D eigenvalue weighted by Crippen LogP contribution is -2.21. The fourth-order valence-corrected chi connectivity index (χ4v) is 1.22. The standard InChI is InChI=1S/C12H18N2O2/c1-8(2)16-7-12(15)14-11-6-4-5-10(13)9(11)3/h4-6,8H,7,13H2,1-3H3,(H,14,15). The van der Waals surface area contributed by atoms with Crippen molar-refractivity contribution in [2.75, 3.05) is 17.7 Å². The van der Waals surface area contributed by atoms with Crippen molar-refractivity contribution >= 4 is 17.3 Å². The first kappa shape index (κ1) is 12.5. The van der Waals surface area contributed by atoms with E-state index in [1.807, 2.05) is 26.8 Å². The molecule has 0 unspecified atom stereocenters. The Hall–Kier alpha value is -1.55. The van der Waals surface area contributed by atoms with Crippen LogP contribution in [-0.4, -0.2) is 18.6 Å².